The van der Waals surface area contributed by atoms with Gasteiger partial charge in [0.15, 0.2) is 5.96 Å². The van der Waals surface area contributed by atoms with Crippen LogP contribution in [0.2, 0.25) is 0 Å². The first-order valence-electron chi connectivity index (χ1n) is 11.2. The number of hydrogen-bond acceptors (Lipinski definition) is 5. The molecule has 0 aromatic heterocycles. The van der Waals surface area contributed by atoms with Crippen LogP contribution < -0.4 is 24.8 Å². The molecule has 2 N–H and O–H groups in total. The molecule has 0 radical (unpaired) electrons. The first-order valence-corrected chi connectivity index (χ1v) is 11.2. The quantitative estimate of drug-likeness (QED) is 0.354. The third kappa shape index (κ3) is 6.67. The summed E-state index contributed by atoms with van der Waals surface area (Å²) in [4.78, 5) is 19.0. The standard InChI is InChI=1S/C23H36N4O4/c1-24-23(26-18-9-11-27(16-18)22(28)17-7-4-5-8-17)25-10-6-12-31-21-14-19(29-2)13-20(15-21)30-3/h13-15,17-18H,4-12,16H2,1-3H3,(H2,24,25,26). The van der Waals surface area contributed by atoms with E-state index >= 15 is 0 Å². The summed E-state index contributed by atoms with van der Waals surface area (Å²) >= 11 is 0. The fourth-order valence-electron chi connectivity index (χ4n) is 4.23. The van der Waals surface area contributed by atoms with Crippen molar-refractivity contribution in [3.8, 4) is 17.2 Å². The van der Waals surface area contributed by atoms with Crippen molar-refractivity contribution in [3.05, 3.63) is 18.2 Å². The Balaban J connectivity index is 1.35. The molecule has 8 nitrogen and oxygen atoms in total. The number of likely N-dealkylation sites (tertiary alicyclic amines) is 1. The number of carbonyl (C=O) groups excluding carboxylic acids is 1. The van der Waals surface area contributed by atoms with Crippen LogP contribution in [0.25, 0.3) is 0 Å². The summed E-state index contributed by atoms with van der Waals surface area (Å²) in [6.45, 7) is 2.89. The minimum Gasteiger partial charge on any atom is -0.496 e. The lowest BCUT2D eigenvalue weighted by atomic mass is 10.1. The number of methoxy groups -OCH3 is 2. The van der Waals surface area contributed by atoms with Crippen LogP contribution in [-0.4, -0.2) is 70.3 Å². The van der Waals surface area contributed by atoms with E-state index in [1.54, 1.807) is 21.3 Å². The molecule has 2 aliphatic rings. The summed E-state index contributed by atoms with van der Waals surface area (Å²) in [5, 5.41) is 6.78. The van der Waals surface area contributed by atoms with Crippen molar-refractivity contribution in [3.63, 3.8) is 0 Å². The number of benzene rings is 1. The third-order valence-corrected chi connectivity index (χ3v) is 5.98. The SMILES string of the molecule is CN=C(NCCCOc1cc(OC)cc(OC)c1)NC1CCN(C(=O)C2CCCC2)C1. The van der Waals surface area contributed by atoms with E-state index in [9.17, 15) is 4.79 Å². The van der Waals surface area contributed by atoms with Crippen LogP contribution in [0, 0.1) is 5.92 Å². The molecule has 1 aromatic carbocycles. The molecule has 31 heavy (non-hydrogen) atoms. The molecule has 0 bridgehead atoms. The van der Waals surface area contributed by atoms with Crippen LogP contribution in [0.4, 0.5) is 0 Å². The van der Waals surface area contributed by atoms with E-state index in [-0.39, 0.29) is 12.0 Å². The summed E-state index contributed by atoms with van der Waals surface area (Å²) in [6, 6.07) is 5.75. The van der Waals surface area contributed by atoms with Gasteiger partial charge in [-0.1, -0.05) is 12.8 Å². The maximum absolute atomic E-state index is 12.6. The maximum atomic E-state index is 12.6. The lowest BCUT2D eigenvalue weighted by molar-refractivity contribution is -0.134. The Morgan fingerprint density at radius 3 is 2.42 bits per heavy atom. The average Bonchev–Trinajstić information content (AvgIpc) is 3.49. The van der Waals surface area contributed by atoms with Gasteiger partial charge in [-0.05, 0) is 25.7 Å². The van der Waals surface area contributed by atoms with Gasteiger partial charge in [0, 0.05) is 56.8 Å². The molecule has 1 unspecified atom stereocenters. The van der Waals surface area contributed by atoms with E-state index < -0.39 is 0 Å². The van der Waals surface area contributed by atoms with Gasteiger partial charge >= 0.3 is 0 Å². The number of ether oxygens (including phenoxy) is 3. The molecular weight excluding hydrogens is 396 g/mol. The monoisotopic (exact) mass is 432 g/mol. The number of aliphatic imine (C=N–C) groups is 1. The number of guanidine groups is 1. The molecule has 1 saturated carbocycles. The van der Waals surface area contributed by atoms with Gasteiger partial charge in [0.2, 0.25) is 5.91 Å². The summed E-state index contributed by atoms with van der Waals surface area (Å²) in [7, 11) is 5.01. The number of rotatable bonds is 9. The van der Waals surface area contributed by atoms with Crippen molar-refractivity contribution in [1.82, 2.24) is 15.5 Å². The Bertz CT molecular complexity index is 727. The summed E-state index contributed by atoms with van der Waals surface area (Å²) in [5.74, 6) is 3.49. The molecule has 3 rings (SSSR count). The van der Waals surface area contributed by atoms with Crippen molar-refractivity contribution in [2.75, 3.05) is 47.5 Å². The van der Waals surface area contributed by atoms with Gasteiger partial charge in [-0.3, -0.25) is 9.79 Å². The highest BCUT2D eigenvalue weighted by atomic mass is 16.5. The predicted octanol–water partition coefficient (Wildman–Crippen LogP) is 2.43. The van der Waals surface area contributed by atoms with Crippen molar-refractivity contribution < 1.29 is 19.0 Å². The number of amides is 1. The smallest absolute Gasteiger partial charge is 0.225 e. The topological polar surface area (TPSA) is 84.4 Å². The first-order chi connectivity index (χ1) is 15.1. The normalized spacial score (nSPS) is 19.4. The molecule has 1 heterocycles. The zero-order chi connectivity index (χ0) is 22.1. The largest absolute Gasteiger partial charge is 0.496 e. The molecule has 8 heteroatoms. The van der Waals surface area contributed by atoms with Gasteiger partial charge in [0.1, 0.15) is 17.2 Å². The molecule has 1 atom stereocenters. The summed E-state index contributed by atoms with van der Waals surface area (Å²) in [5.41, 5.74) is 0. The molecule has 172 valence electrons. The van der Waals surface area contributed by atoms with Gasteiger partial charge in [-0.15, -0.1) is 0 Å². The van der Waals surface area contributed by atoms with Crippen LogP contribution in [0.5, 0.6) is 17.2 Å². The Labute approximate surface area is 185 Å². The van der Waals surface area contributed by atoms with E-state index in [4.69, 9.17) is 14.2 Å². The molecule has 2 fully saturated rings. The third-order valence-electron chi connectivity index (χ3n) is 5.98. The van der Waals surface area contributed by atoms with E-state index in [1.165, 1.54) is 12.8 Å². The molecule has 1 saturated heterocycles. The fourth-order valence-corrected chi connectivity index (χ4v) is 4.23. The average molecular weight is 433 g/mol. The Morgan fingerprint density at radius 1 is 1.10 bits per heavy atom. The zero-order valence-electron chi connectivity index (χ0n) is 19.0. The molecular formula is C23H36N4O4. The van der Waals surface area contributed by atoms with Crippen molar-refractivity contribution in [2.45, 2.75) is 44.6 Å². The molecule has 1 aliphatic carbocycles. The van der Waals surface area contributed by atoms with Crippen LogP contribution in [0.15, 0.2) is 23.2 Å². The van der Waals surface area contributed by atoms with Crippen molar-refractivity contribution in [1.29, 1.82) is 0 Å². The first kappa shape index (κ1) is 23.0. The second kappa shape index (κ2) is 11.7. The Kier molecular flexibility index (Phi) is 8.67. The zero-order valence-corrected chi connectivity index (χ0v) is 19.0. The van der Waals surface area contributed by atoms with Crippen molar-refractivity contribution >= 4 is 11.9 Å². The van der Waals surface area contributed by atoms with Crippen molar-refractivity contribution in [2.24, 2.45) is 10.9 Å². The fraction of sp³-hybridized carbons (Fsp3) is 0.652. The minimum atomic E-state index is 0.247. The maximum Gasteiger partial charge on any atom is 0.225 e. The number of hydrogen-bond donors (Lipinski definition) is 2. The number of carbonyl (C=O) groups is 1. The van der Waals surface area contributed by atoms with Gasteiger partial charge in [0.25, 0.3) is 0 Å². The van der Waals surface area contributed by atoms with Crippen LogP contribution in [-0.2, 0) is 4.79 Å². The van der Waals surface area contributed by atoms with Gasteiger partial charge < -0.3 is 29.7 Å². The van der Waals surface area contributed by atoms with Gasteiger partial charge in [0.05, 0.1) is 20.8 Å². The Hall–Kier alpha value is -2.64. The molecule has 1 aliphatic heterocycles. The lowest BCUT2D eigenvalue weighted by Crippen LogP contribution is -2.45. The molecule has 0 spiro atoms. The highest BCUT2D eigenvalue weighted by Gasteiger charge is 2.32. The van der Waals surface area contributed by atoms with Crippen LogP contribution >= 0.6 is 0 Å². The number of nitrogens with zero attached hydrogens (tertiary/aromatic N) is 2. The van der Waals surface area contributed by atoms with Gasteiger partial charge in [-0.2, -0.15) is 0 Å². The second-order valence-electron chi connectivity index (χ2n) is 8.14. The van der Waals surface area contributed by atoms with Gasteiger partial charge in [-0.25, -0.2) is 0 Å². The summed E-state index contributed by atoms with van der Waals surface area (Å²) < 4.78 is 16.4. The van der Waals surface area contributed by atoms with Crippen LogP contribution in [0.1, 0.15) is 38.5 Å². The van der Waals surface area contributed by atoms with E-state index in [0.29, 0.717) is 24.0 Å². The molecule has 1 aromatic rings. The Morgan fingerprint density at radius 2 is 1.77 bits per heavy atom. The van der Waals surface area contributed by atoms with Crippen LogP contribution in [0.3, 0.4) is 0 Å². The predicted molar refractivity (Wildman–Crippen MR) is 121 cm³/mol. The lowest BCUT2D eigenvalue weighted by Gasteiger charge is -2.21. The number of nitrogens with one attached hydrogen (secondary N) is 2. The minimum absolute atomic E-state index is 0.247. The highest BCUT2D eigenvalue weighted by Crippen LogP contribution is 2.28. The highest BCUT2D eigenvalue weighted by molar-refractivity contribution is 5.81. The summed E-state index contributed by atoms with van der Waals surface area (Å²) in [6.07, 6.45) is 6.27. The molecule has 1 amide bonds. The van der Waals surface area contributed by atoms with E-state index in [1.807, 2.05) is 23.1 Å². The second-order valence-corrected chi connectivity index (χ2v) is 8.14. The van der Waals surface area contributed by atoms with E-state index in [2.05, 4.69) is 15.6 Å². The van der Waals surface area contributed by atoms with E-state index in [0.717, 1.165) is 57.0 Å².